The zero-order valence-corrected chi connectivity index (χ0v) is 11.5. The van der Waals surface area contributed by atoms with Gasteiger partial charge < -0.3 is 5.32 Å². The molecule has 0 saturated carbocycles. The lowest BCUT2D eigenvalue weighted by Gasteiger charge is -2.13. The van der Waals surface area contributed by atoms with Crippen LogP contribution in [0.1, 0.15) is 18.9 Å². The Kier molecular flexibility index (Phi) is 7.85. The van der Waals surface area contributed by atoms with Crippen LogP contribution in [0.2, 0.25) is 0 Å². The zero-order valence-electron chi connectivity index (χ0n) is 10.7. The zero-order chi connectivity index (χ0) is 12.3. The van der Waals surface area contributed by atoms with E-state index in [9.17, 15) is 0 Å². The lowest BCUT2D eigenvalue weighted by Crippen LogP contribution is -2.28. The van der Waals surface area contributed by atoms with E-state index in [1.54, 1.807) is 0 Å². The Morgan fingerprint density at radius 3 is 2.82 bits per heavy atom. The molecule has 0 radical (unpaired) electrons. The maximum absolute atomic E-state index is 3.72. The van der Waals surface area contributed by atoms with Crippen molar-refractivity contribution in [1.82, 2.24) is 5.32 Å². The molecule has 0 saturated heterocycles. The monoisotopic (exact) mass is 249 g/mol. The Labute approximate surface area is 110 Å². The van der Waals surface area contributed by atoms with Crippen LogP contribution >= 0.6 is 11.8 Å². The van der Waals surface area contributed by atoms with Gasteiger partial charge in [-0.1, -0.05) is 36.4 Å². The van der Waals surface area contributed by atoms with Crippen LogP contribution in [0.4, 0.5) is 0 Å². The third-order valence-electron chi connectivity index (χ3n) is 2.68. The molecule has 0 aliphatic rings. The Hall–Kier alpha value is -0.730. The SMILES string of the molecule is C=CCSCCNC(C)CCc1ccccc1. The van der Waals surface area contributed by atoms with Crippen LogP contribution in [0, 0.1) is 0 Å². The lowest BCUT2D eigenvalue weighted by atomic mass is 10.1. The van der Waals surface area contributed by atoms with Gasteiger partial charge in [-0.25, -0.2) is 0 Å². The van der Waals surface area contributed by atoms with Crippen molar-refractivity contribution < 1.29 is 0 Å². The fourth-order valence-corrected chi connectivity index (χ4v) is 2.27. The molecule has 1 nitrogen and oxygen atoms in total. The van der Waals surface area contributed by atoms with E-state index in [1.807, 2.05) is 17.8 Å². The first kappa shape index (κ1) is 14.3. The van der Waals surface area contributed by atoms with Crippen molar-refractivity contribution in [2.45, 2.75) is 25.8 Å². The predicted octanol–water partition coefficient (Wildman–Crippen LogP) is 3.52. The van der Waals surface area contributed by atoms with E-state index in [0.717, 1.165) is 18.7 Å². The Morgan fingerprint density at radius 1 is 1.35 bits per heavy atom. The van der Waals surface area contributed by atoms with Crippen LogP contribution in [0.15, 0.2) is 43.0 Å². The van der Waals surface area contributed by atoms with Gasteiger partial charge in [-0.3, -0.25) is 0 Å². The first-order chi connectivity index (χ1) is 8.33. The van der Waals surface area contributed by atoms with Crippen molar-refractivity contribution >= 4 is 11.8 Å². The summed E-state index contributed by atoms with van der Waals surface area (Å²) >= 11 is 1.93. The molecule has 17 heavy (non-hydrogen) atoms. The molecule has 0 bridgehead atoms. The van der Waals surface area contributed by atoms with E-state index in [4.69, 9.17) is 0 Å². The summed E-state index contributed by atoms with van der Waals surface area (Å²) in [5.41, 5.74) is 1.43. The minimum absolute atomic E-state index is 0.597. The van der Waals surface area contributed by atoms with E-state index < -0.39 is 0 Å². The molecule has 2 heteroatoms. The summed E-state index contributed by atoms with van der Waals surface area (Å²) in [5.74, 6) is 2.22. The number of hydrogen-bond acceptors (Lipinski definition) is 2. The summed E-state index contributed by atoms with van der Waals surface area (Å²) in [5, 5.41) is 3.56. The highest BCUT2D eigenvalue weighted by Gasteiger charge is 2.01. The van der Waals surface area contributed by atoms with Crippen molar-refractivity contribution in [3.8, 4) is 0 Å². The molecule has 1 aromatic rings. The topological polar surface area (TPSA) is 12.0 Å². The molecule has 0 aromatic heterocycles. The number of hydrogen-bond donors (Lipinski definition) is 1. The largest absolute Gasteiger partial charge is 0.313 e. The Bertz CT molecular complexity index is 297. The van der Waals surface area contributed by atoms with E-state index >= 15 is 0 Å². The van der Waals surface area contributed by atoms with Crippen LogP contribution < -0.4 is 5.32 Å². The van der Waals surface area contributed by atoms with Crippen LogP contribution in [0.3, 0.4) is 0 Å². The first-order valence-corrected chi connectivity index (χ1v) is 7.44. The van der Waals surface area contributed by atoms with Crippen LogP contribution in [-0.4, -0.2) is 24.1 Å². The number of aryl methyl sites for hydroxylation is 1. The van der Waals surface area contributed by atoms with Gasteiger partial charge in [0, 0.05) is 24.1 Å². The maximum atomic E-state index is 3.72. The summed E-state index contributed by atoms with van der Waals surface area (Å²) in [6.45, 7) is 7.07. The van der Waals surface area contributed by atoms with Gasteiger partial charge in [-0.15, -0.1) is 6.58 Å². The minimum atomic E-state index is 0.597. The number of rotatable bonds is 9. The Balaban J connectivity index is 2.05. The number of thioether (sulfide) groups is 1. The predicted molar refractivity (Wildman–Crippen MR) is 79.7 cm³/mol. The van der Waals surface area contributed by atoms with E-state index in [-0.39, 0.29) is 0 Å². The van der Waals surface area contributed by atoms with E-state index in [2.05, 4.69) is 49.2 Å². The molecule has 0 heterocycles. The number of nitrogens with one attached hydrogen (secondary N) is 1. The van der Waals surface area contributed by atoms with Gasteiger partial charge in [0.25, 0.3) is 0 Å². The number of benzene rings is 1. The second kappa shape index (κ2) is 9.32. The Morgan fingerprint density at radius 2 is 2.12 bits per heavy atom. The second-order valence-electron chi connectivity index (χ2n) is 4.24. The minimum Gasteiger partial charge on any atom is -0.313 e. The molecule has 0 spiro atoms. The summed E-state index contributed by atoms with van der Waals surface area (Å²) in [4.78, 5) is 0. The fraction of sp³-hybridized carbons (Fsp3) is 0.467. The summed E-state index contributed by atoms with van der Waals surface area (Å²) in [7, 11) is 0. The molecule has 1 aromatic carbocycles. The van der Waals surface area contributed by atoms with Gasteiger partial charge >= 0.3 is 0 Å². The first-order valence-electron chi connectivity index (χ1n) is 6.29. The molecule has 1 atom stereocenters. The van der Waals surface area contributed by atoms with Crippen molar-refractivity contribution in [3.05, 3.63) is 48.6 Å². The smallest absolute Gasteiger partial charge is 0.0111 e. The molecule has 0 amide bonds. The van der Waals surface area contributed by atoms with Gasteiger partial charge in [0.05, 0.1) is 0 Å². The van der Waals surface area contributed by atoms with Crippen LogP contribution in [0.5, 0.6) is 0 Å². The van der Waals surface area contributed by atoms with Crippen LogP contribution in [0.25, 0.3) is 0 Å². The normalized spacial score (nSPS) is 12.3. The molecule has 94 valence electrons. The quantitative estimate of drug-likeness (QED) is 0.531. The van der Waals surface area contributed by atoms with Gasteiger partial charge in [-0.05, 0) is 25.3 Å². The highest BCUT2D eigenvalue weighted by atomic mass is 32.2. The van der Waals surface area contributed by atoms with Crippen molar-refractivity contribution in [3.63, 3.8) is 0 Å². The second-order valence-corrected chi connectivity index (χ2v) is 5.39. The highest BCUT2D eigenvalue weighted by molar-refractivity contribution is 7.99. The van der Waals surface area contributed by atoms with Crippen molar-refractivity contribution in [1.29, 1.82) is 0 Å². The van der Waals surface area contributed by atoms with Gasteiger partial charge in [0.15, 0.2) is 0 Å². The van der Waals surface area contributed by atoms with Gasteiger partial charge in [0.1, 0.15) is 0 Å². The summed E-state index contributed by atoms with van der Waals surface area (Å²) in [6, 6.07) is 11.3. The molecule has 0 aliphatic carbocycles. The van der Waals surface area contributed by atoms with Gasteiger partial charge in [0.2, 0.25) is 0 Å². The van der Waals surface area contributed by atoms with Crippen molar-refractivity contribution in [2.75, 3.05) is 18.1 Å². The van der Waals surface area contributed by atoms with Crippen molar-refractivity contribution in [2.24, 2.45) is 0 Å². The van der Waals surface area contributed by atoms with Crippen LogP contribution in [-0.2, 0) is 6.42 Å². The van der Waals surface area contributed by atoms with E-state index in [1.165, 1.54) is 17.7 Å². The van der Waals surface area contributed by atoms with E-state index in [0.29, 0.717) is 6.04 Å². The maximum Gasteiger partial charge on any atom is 0.0111 e. The summed E-state index contributed by atoms with van der Waals surface area (Å²) < 4.78 is 0. The molecular weight excluding hydrogens is 226 g/mol. The third kappa shape index (κ3) is 7.24. The molecular formula is C15H23NS. The average Bonchev–Trinajstić information content (AvgIpc) is 2.37. The standard InChI is InChI=1S/C15H23NS/c1-3-12-17-13-11-16-14(2)9-10-15-7-5-4-6-8-15/h3-8,14,16H,1,9-13H2,2H3. The molecule has 0 aliphatic heterocycles. The molecule has 1 unspecified atom stereocenters. The summed E-state index contributed by atoms with van der Waals surface area (Å²) in [6.07, 6.45) is 4.33. The fourth-order valence-electron chi connectivity index (χ4n) is 1.67. The molecule has 0 fully saturated rings. The molecule has 1 rings (SSSR count). The highest BCUT2D eigenvalue weighted by Crippen LogP contribution is 2.05. The third-order valence-corrected chi connectivity index (χ3v) is 3.65. The lowest BCUT2D eigenvalue weighted by molar-refractivity contribution is 0.533. The average molecular weight is 249 g/mol. The van der Waals surface area contributed by atoms with Gasteiger partial charge in [-0.2, -0.15) is 11.8 Å². The molecule has 1 N–H and O–H groups in total.